The lowest BCUT2D eigenvalue weighted by Crippen LogP contribution is -2.03. The van der Waals surface area contributed by atoms with Crippen molar-refractivity contribution in [1.29, 1.82) is 5.26 Å². The second-order valence-corrected chi connectivity index (χ2v) is 4.36. The molecular formula is C14H17N3. The van der Waals surface area contributed by atoms with Crippen molar-refractivity contribution in [2.24, 2.45) is 0 Å². The van der Waals surface area contributed by atoms with Gasteiger partial charge in [0, 0.05) is 6.54 Å². The van der Waals surface area contributed by atoms with Crippen LogP contribution in [0.1, 0.15) is 31.2 Å². The average molecular weight is 227 g/mol. The van der Waals surface area contributed by atoms with Crippen LogP contribution in [0, 0.1) is 18.3 Å². The molecule has 0 saturated heterocycles. The highest BCUT2D eigenvalue weighted by Gasteiger charge is 2.09. The summed E-state index contributed by atoms with van der Waals surface area (Å²) in [6.07, 6.45) is 2.66. The van der Waals surface area contributed by atoms with Crippen LogP contribution < -0.4 is 0 Å². The summed E-state index contributed by atoms with van der Waals surface area (Å²) in [4.78, 5) is 4.56. The first-order valence-electron chi connectivity index (χ1n) is 6.09. The summed E-state index contributed by atoms with van der Waals surface area (Å²) < 4.78 is 2.18. The molecule has 0 fully saturated rings. The van der Waals surface area contributed by atoms with Gasteiger partial charge < -0.3 is 4.57 Å². The van der Waals surface area contributed by atoms with E-state index in [4.69, 9.17) is 5.26 Å². The van der Waals surface area contributed by atoms with Gasteiger partial charge in [-0.05, 0) is 31.0 Å². The lowest BCUT2D eigenvalue weighted by atomic mass is 10.2. The van der Waals surface area contributed by atoms with Gasteiger partial charge in [-0.3, -0.25) is 0 Å². The Morgan fingerprint density at radius 1 is 1.41 bits per heavy atom. The van der Waals surface area contributed by atoms with Crippen molar-refractivity contribution >= 4 is 11.0 Å². The quantitative estimate of drug-likeness (QED) is 0.804. The van der Waals surface area contributed by atoms with E-state index in [0.717, 1.165) is 36.2 Å². The van der Waals surface area contributed by atoms with E-state index in [0.29, 0.717) is 6.42 Å². The molecule has 0 bridgehead atoms. The third-order valence-electron chi connectivity index (χ3n) is 2.96. The maximum absolute atomic E-state index is 8.85. The topological polar surface area (TPSA) is 41.6 Å². The molecular weight excluding hydrogens is 210 g/mol. The summed E-state index contributed by atoms with van der Waals surface area (Å²) in [5.41, 5.74) is 3.36. The van der Waals surface area contributed by atoms with E-state index in [-0.39, 0.29) is 0 Å². The second-order valence-electron chi connectivity index (χ2n) is 4.36. The SMILES string of the molecule is CCCCn1c(CC#N)nc2cc(C)ccc21. The van der Waals surface area contributed by atoms with Crippen LogP contribution in [-0.4, -0.2) is 9.55 Å². The van der Waals surface area contributed by atoms with E-state index >= 15 is 0 Å². The van der Waals surface area contributed by atoms with Crippen LogP contribution in [0.25, 0.3) is 11.0 Å². The Labute approximate surface area is 102 Å². The molecule has 0 amide bonds. The van der Waals surface area contributed by atoms with Crippen LogP contribution in [0.4, 0.5) is 0 Å². The molecule has 17 heavy (non-hydrogen) atoms. The number of rotatable bonds is 4. The summed E-state index contributed by atoms with van der Waals surface area (Å²) in [5.74, 6) is 0.890. The maximum atomic E-state index is 8.85. The molecule has 3 nitrogen and oxygen atoms in total. The van der Waals surface area contributed by atoms with Gasteiger partial charge in [-0.25, -0.2) is 4.98 Å². The molecule has 1 aromatic heterocycles. The fourth-order valence-corrected chi connectivity index (χ4v) is 2.06. The molecule has 0 aliphatic rings. The van der Waals surface area contributed by atoms with Crippen molar-refractivity contribution in [3.05, 3.63) is 29.6 Å². The maximum Gasteiger partial charge on any atom is 0.124 e. The third-order valence-corrected chi connectivity index (χ3v) is 2.96. The number of unbranched alkanes of at least 4 members (excludes halogenated alkanes) is 1. The van der Waals surface area contributed by atoms with Crippen molar-refractivity contribution in [2.75, 3.05) is 0 Å². The summed E-state index contributed by atoms with van der Waals surface area (Å²) in [5, 5.41) is 8.85. The minimum atomic E-state index is 0.386. The molecule has 0 saturated carbocycles. The van der Waals surface area contributed by atoms with Gasteiger partial charge in [-0.1, -0.05) is 19.4 Å². The Balaban J connectivity index is 2.51. The first kappa shape index (κ1) is 11.7. The molecule has 3 heteroatoms. The number of aryl methyl sites for hydroxylation is 2. The first-order chi connectivity index (χ1) is 8.26. The van der Waals surface area contributed by atoms with Gasteiger partial charge in [0.05, 0.1) is 23.5 Å². The zero-order valence-electron chi connectivity index (χ0n) is 10.4. The highest BCUT2D eigenvalue weighted by atomic mass is 15.1. The van der Waals surface area contributed by atoms with Gasteiger partial charge >= 0.3 is 0 Å². The predicted octanol–water partition coefficient (Wildman–Crippen LogP) is 3.21. The summed E-state index contributed by atoms with van der Waals surface area (Å²) >= 11 is 0. The lowest BCUT2D eigenvalue weighted by Gasteiger charge is -2.06. The predicted molar refractivity (Wildman–Crippen MR) is 68.7 cm³/mol. The monoisotopic (exact) mass is 227 g/mol. The molecule has 2 aromatic rings. The molecule has 0 spiro atoms. The number of aromatic nitrogens is 2. The summed E-state index contributed by atoms with van der Waals surface area (Å²) in [6, 6.07) is 8.48. The molecule has 88 valence electrons. The molecule has 0 aliphatic heterocycles. The van der Waals surface area contributed by atoms with Crippen molar-refractivity contribution in [2.45, 2.75) is 39.7 Å². The van der Waals surface area contributed by atoms with Gasteiger partial charge in [0.25, 0.3) is 0 Å². The van der Waals surface area contributed by atoms with Gasteiger partial charge in [-0.15, -0.1) is 0 Å². The molecule has 0 aliphatic carbocycles. The standard InChI is InChI=1S/C14H17N3/c1-3-4-9-17-13-6-5-11(2)10-12(13)16-14(17)7-8-15/h5-6,10H,3-4,7,9H2,1-2H3. The Bertz CT molecular complexity index is 561. The molecule has 0 atom stereocenters. The molecule has 1 heterocycles. The number of nitrogens with zero attached hydrogens (tertiary/aromatic N) is 3. The van der Waals surface area contributed by atoms with Crippen molar-refractivity contribution in [1.82, 2.24) is 9.55 Å². The van der Waals surface area contributed by atoms with E-state index in [2.05, 4.69) is 47.7 Å². The molecule has 0 unspecified atom stereocenters. The van der Waals surface area contributed by atoms with Gasteiger partial charge in [-0.2, -0.15) is 5.26 Å². The Kier molecular flexibility index (Phi) is 3.43. The molecule has 2 rings (SSSR count). The van der Waals surface area contributed by atoms with E-state index in [9.17, 15) is 0 Å². The zero-order chi connectivity index (χ0) is 12.3. The minimum Gasteiger partial charge on any atom is -0.327 e. The number of hydrogen-bond acceptors (Lipinski definition) is 2. The van der Waals surface area contributed by atoms with Crippen LogP contribution in [0.3, 0.4) is 0 Å². The van der Waals surface area contributed by atoms with E-state index < -0.39 is 0 Å². The average Bonchev–Trinajstić information content (AvgIpc) is 2.63. The van der Waals surface area contributed by atoms with Crippen molar-refractivity contribution in [3.8, 4) is 6.07 Å². The van der Waals surface area contributed by atoms with Gasteiger partial charge in [0.2, 0.25) is 0 Å². The highest BCUT2D eigenvalue weighted by molar-refractivity contribution is 5.77. The molecule has 1 aromatic carbocycles. The Hall–Kier alpha value is -1.82. The highest BCUT2D eigenvalue weighted by Crippen LogP contribution is 2.19. The van der Waals surface area contributed by atoms with E-state index in [1.807, 2.05) is 0 Å². The fraction of sp³-hybridized carbons (Fsp3) is 0.429. The minimum absolute atomic E-state index is 0.386. The van der Waals surface area contributed by atoms with E-state index in [1.54, 1.807) is 0 Å². The number of fused-ring (bicyclic) bond motifs is 1. The lowest BCUT2D eigenvalue weighted by molar-refractivity contribution is 0.625. The third kappa shape index (κ3) is 2.31. The number of hydrogen-bond donors (Lipinski definition) is 0. The number of benzene rings is 1. The molecule has 0 radical (unpaired) electrons. The second kappa shape index (κ2) is 5.01. The Morgan fingerprint density at radius 3 is 2.94 bits per heavy atom. The van der Waals surface area contributed by atoms with Crippen molar-refractivity contribution < 1.29 is 0 Å². The molecule has 0 N–H and O–H groups in total. The fourth-order valence-electron chi connectivity index (χ4n) is 2.06. The van der Waals surface area contributed by atoms with Crippen LogP contribution >= 0.6 is 0 Å². The summed E-state index contributed by atoms with van der Waals surface area (Å²) in [7, 11) is 0. The normalized spacial score (nSPS) is 10.6. The van der Waals surface area contributed by atoms with Crippen molar-refractivity contribution in [3.63, 3.8) is 0 Å². The number of nitriles is 1. The van der Waals surface area contributed by atoms with E-state index in [1.165, 1.54) is 5.56 Å². The van der Waals surface area contributed by atoms with Crippen LogP contribution in [0.15, 0.2) is 18.2 Å². The largest absolute Gasteiger partial charge is 0.327 e. The smallest absolute Gasteiger partial charge is 0.124 e. The van der Waals surface area contributed by atoms with Gasteiger partial charge in [0.1, 0.15) is 5.82 Å². The number of imidazole rings is 1. The van der Waals surface area contributed by atoms with Crippen LogP contribution in [-0.2, 0) is 13.0 Å². The summed E-state index contributed by atoms with van der Waals surface area (Å²) in [6.45, 7) is 5.19. The zero-order valence-corrected chi connectivity index (χ0v) is 10.4. The first-order valence-corrected chi connectivity index (χ1v) is 6.09. The van der Waals surface area contributed by atoms with Crippen LogP contribution in [0.5, 0.6) is 0 Å². The van der Waals surface area contributed by atoms with Crippen LogP contribution in [0.2, 0.25) is 0 Å². The van der Waals surface area contributed by atoms with Gasteiger partial charge in [0.15, 0.2) is 0 Å². The Morgan fingerprint density at radius 2 is 2.24 bits per heavy atom.